The molecule has 1 amide bonds. The Morgan fingerprint density at radius 1 is 1.41 bits per heavy atom. The Labute approximate surface area is 128 Å². The van der Waals surface area contributed by atoms with E-state index in [4.69, 9.17) is 9.47 Å². The van der Waals surface area contributed by atoms with Gasteiger partial charge in [0.25, 0.3) is 0 Å². The van der Waals surface area contributed by atoms with Gasteiger partial charge in [0, 0.05) is 13.5 Å². The first-order chi connectivity index (χ1) is 10.7. The molecule has 3 rings (SSSR count). The molecule has 7 nitrogen and oxygen atoms in total. The molecular formula is C15H18N4O3. The van der Waals surface area contributed by atoms with E-state index in [1.165, 1.54) is 6.33 Å². The van der Waals surface area contributed by atoms with Crippen LogP contribution in [-0.4, -0.2) is 51.9 Å². The van der Waals surface area contributed by atoms with Crippen LogP contribution < -0.4 is 9.47 Å². The van der Waals surface area contributed by atoms with E-state index >= 15 is 0 Å². The number of likely N-dealkylation sites (N-methyl/N-ethyl adjacent to an activating group) is 1. The van der Waals surface area contributed by atoms with Gasteiger partial charge >= 0.3 is 0 Å². The van der Waals surface area contributed by atoms with Crippen molar-refractivity contribution < 1.29 is 14.3 Å². The van der Waals surface area contributed by atoms with Gasteiger partial charge in [0.1, 0.15) is 19.3 Å². The molecule has 7 heteroatoms. The fraction of sp³-hybridized carbons (Fsp3) is 0.400. The van der Waals surface area contributed by atoms with Crippen LogP contribution in [0, 0.1) is 0 Å². The number of fused-ring (bicyclic) bond motifs is 1. The third-order valence-corrected chi connectivity index (χ3v) is 3.49. The third kappa shape index (κ3) is 3.36. The lowest BCUT2D eigenvalue weighted by Gasteiger charge is -2.29. The molecule has 2 heterocycles. The number of carbonyl (C=O) groups is 1. The first-order valence-corrected chi connectivity index (χ1v) is 7.17. The molecule has 0 saturated carbocycles. The van der Waals surface area contributed by atoms with Crippen molar-refractivity contribution in [2.45, 2.75) is 19.1 Å². The molecule has 2 aromatic rings. The van der Waals surface area contributed by atoms with E-state index in [-0.39, 0.29) is 12.0 Å². The number of benzene rings is 1. The Kier molecular flexibility index (Phi) is 4.22. The lowest BCUT2D eigenvalue weighted by molar-refractivity contribution is -0.131. The van der Waals surface area contributed by atoms with Crippen LogP contribution in [0.5, 0.6) is 11.5 Å². The van der Waals surface area contributed by atoms with Crippen molar-refractivity contribution in [3.05, 3.63) is 36.9 Å². The molecular weight excluding hydrogens is 284 g/mol. The Balaban J connectivity index is 1.49. The first kappa shape index (κ1) is 14.4. The van der Waals surface area contributed by atoms with Crippen molar-refractivity contribution in [2.24, 2.45) is 0 Å². The molecule has 0 spiro atoms. The van der Waals surface area contributed by atoms with Crippen LogP contribution in [0.1, 0.15) is 6.42 Å². The molecule has 1 aliphatic heterocycles. The molecule has 0 aliphatic carbocycles. The number of hydrogen-bond donors (Lipinski definition) is 0. The van der Waals surface area contributed by atoms with Crippen LogP contribution in [0.15, 0.2) is 36.9 Å². The Morgan fingerprint density at radius 3 is 3.00 bits per heavy atom. The maximum absolute atomic E-state index is 12.1. The summed E-state index contributed by atoms with van der Waals surface area (Å²) in [5.74, 6) is 1.51. The zero-order valence-electron chi connectivity index (χ0n) is 12.4. The summed E-state index contributed by atoms with van der Waals surface area (Å²) in [4.78, 5) is 17.6. The number of aryl methyl sites for hydroxylation is 1. The summed E-state index contributed by atoms with van der Waals surface area (Å²) in [6.45, 7) is 1.45. The van der Waals surface area contributed by atoms with Crippen molar-refractivity contribution in [1.82, 2.24) is 19.7 Å². The molecule has 0 saturated heterocycles. The quantitative estimate of drug-likeness (QED) is 0.823. The summed E-state index contributed by atoms with van der Waals surface area (Å²) in [5.41, 5.74) is 0. The molecule has 116 valence electrons. The number of hydrogen-bond acceptors (Lipinski definition) is 5. The molecule has 1 unspecified atom stereocenters. The summed E-state index contributed by atoms with van der Waals surface area (Å²) in [5, 5.41) is 3.98. The standard InChI is InChI=1S/C15H18N4O3/c1-18(15(20)6-7-19-11-16-10-17-19)8-12-9-21-13-4-2-3-5-14(13)22-12/h2-5,10-12H,6-9H2,1H3. The lowest BCUT2D eigenvalue weighted by atomic mass is 10.2. The van der Waals surface area contributed by atoms with Crippen LogP contribution in [0.3, 0.4) is 0 Å². The summed E-state index contributed by atoms with van der Waals surface area (Å²) in [6.07, 6.45) is 3.28. The highest BCUT2D eigenvalue weighted by Crippen LogP contribution is 2.30. The highest BCUT2D eigenvalue weighted by atomic mass is 16.6. The molecule has 0 fully saturated rings. The van der Waals surface area contributed by atoms with Crippen molar-refractivity contribution in [3.63, 3.8) is 0 Å². The number of rotatable bonds is 5. The van der Waals surface area contributed by atoms with Gasteiger partial charge in [0.15, 0.2) is 17.6 Å². The maximum atomic E-state index is 12.1. The minimum absolute atomic E-state index is 0.0398. The van der Waals surface area contributed by atoms with Crippen LogP contribution in [0.25, 0.3) is 0 Å². The van der Waals surface area contributed by atoms with Crippen molar-refractivity contribution in [2.75, 3.05) is 20.2 Å². The molecule has 0 N–H and O–H groups in total. The van der Waals surface area contributed by atoms with E-state index in [1.54, 1.807) is 23.0 Å². The summed E-state index contributed by atoms with van der Waals surface area (Å²) < 4.78 is 13.1. The number of nitrogens with zero attached hydrogens (tertiary/aromatic N) is 4. The predicted octanol–water partition coefficient (Wildman–Crippen LogP) is 0.967. The highest BCUT2D eigenvalue weighted by molar-refractivity contribution is 5.75. The fourth-order valence-electron chi connectivity index (χ4n) is 2.31. The monoisotopic (exact) mass is 302 g/mol. The second kappa shape index (κ2) is 6.46. The summed E-state index contributed by atoms with van der Waals surface area (Å²) in [6, 6.07) is 7.55. The lowest BCUT2D eigenvalue weighted by Crippen LogP contribution is -2.42. The second-order valence-electron chi connectivity index (χ2n) is 5.18. The van der Waals surface area contributed by atoms with E-state index in [0.29, 0.717) is 26.1 Å². The third-order valence-electron chi connectivity index (χ3n) is 3.49. The minimum atomic E-state index is -0.157. The number of ether oxygens (including phenoxy) is 2. The largest absolute Gasteiger partial charge is 0.486 e. The minimum Gasteiger partial charge on any atom is -0.486 e. The molecule has 1 aliphatic rings. The average Bonchev–Trinajstić information content (AvgIpc) is 3.06. The van der Waals surface area contributed by atoms with Gasteiger partial charge in [-0.25, -0.2) is 4.98 Å². The predicted molar refractivity (Wildman–Crippen MR) is 78.6 cm³/mol. The zero-order valence-corrected chi connectivity index (χ0v) is 12.4. The fourth-order valence-corrected chi connectivity index (χ4v) is 2.31. The molecule has 1 aromatic heterocycles. The van der Waals surface area contributed by atoms with Gasteiger partial charge in [-0.05, 0) is 12.1 Å². The number of amides is 1. The van der Waals surface area contributed by atoms with Gasteiger partial charge in [-0.3, -0.25) is 9.48 Å². The van der Waals surface area contributed by atoms with Gasteiger partial charge in [-0.1, -0.05) is 12.1 Å². The maximum Gasteiger partial charge on any atom is 0.224 e. The number of aromatic nitrogens is 3. The van der Waals surface area contributed by atoms with Gasteiger partial charge < -0.3 is 14.4 Å². The second-order valence-corrected chi connectivity index (χ2v) is 5.18. The normalized spacial score (nSPS) is 16.3. The van der Waals surface area contributed by atoms with E-state index < -0.39 is 0 Å². The topological polar surface area (TPSA) is 69.5 Å². The van der Waals surface area contributed by atoms with Gasteiger partial charge in [0.2, 0.25) is 5.91 Å². The zero-order chi connectivity index (χ0) is 15.4. The van der Waals surface area contributed by atoms with E-state index in [9.17, 15) is 4.79 Å². The van der Waals surface area contributed by atoms with Crippen molar-refractivity contribution in [1.29, 1.82) is 0 Å². The average molecular weight is 302 g/mol. The summed E-state index contributed by atoms with van der Waals surface area (Å²) >= 11 is 0. The molecule has 1 atom stereocenters. The van der Waals surface area contributed by atoms with E-state index in [2.05, 4.69) is 10.1 Å². The van der Waals surface area contributed by atoms with Crippen LogP contribution in [0.2, 0.25) is 0 Å². The first-order valence-electron chi connectivity index (χ1n) is 7.17. The van der Waals surface area contributed by atoms with Gasteiger partial charge in [-0.2, -0.15) is 5.10 Å². The SMILES string of the molecule is CN(CC1COc2ccccc2O1)C(=O)CCn1cncn1. The van der Waals surface area contributed by atoms with Crippen LogP contribution in [-0.2, 0) is 11.3 Å². The Bertz CT molecular complexity index is 629. The molecule has 0 bridgehead atoms. The van der Waals surface area contributed by atoms with Gasteiger partial charge in [-0.15, -0.1) is 0 Å². The summed E-state index contributed by atoms with van der Waals surface area (Å²) in [7, 11) is 1.77. The molecule has 22 heavy (non-hydrogen) atoms. The Hall–Kier alpha value is -2.57. The molecule has 0 radical (unpaired) electrons. The van der Waals surface area contributed by atoms with E-state index in [1.807, 2.05) is 24.3 Å². The number of carbonyl (C=O) groups excluding carboxylic acids is 1. The smallest absolute Gasteiger partial charge is 0.224 e. The highest BCUT2D eigenvalue weighted by Gasteiger charge is 2.23. The van der Waals surface area contributed by atoms with Crippen LogP contribution >= 0.6 is 0 Å². The van der Waals surface area contributed by atoms with E-state index in [0.717, 1.165) is 11.5 Å². The van der Waals surface area contributed by atoms with Crippen molar-refractivity contribution in [3.8, 4) is 11.5 Å². The van der Waals surface area contributed by atoms with Crippen molar-refractivity contribution >= 4 is 5.91 Å². The van der Waals surface area contributed by atoms with Gasteiger partial charge in [0.05, 0.1) is 13.1 Å². The Morgan fingerprint density at radius 2 is 2.23 bits per heavy atom. The molecule has 1 aromatic carbocycles. The van der Waals surface area contributed by atoms with Crippen LogP contribution in [0.4, 0.5) is 0 Å². The number of para-hydroxylation sites is 2.